The van der Waals surface area contributed by atoms with E-state index < -0.39 is 7.14 Å². The van der Waals surface area contributed by atoms with Gasteiger partial charge in [0.1, 0.15) is 24.4 Å². The molecule has 1 saturated heterocycles. The van der Waals surface area contributed by atoms with E-state index in [1.165, 1.54) is 12.8 Å². The van der Waals surface area contributed by atoms with Gasteiger partial charge in [-0.15, -0.1) is 0 Å². The zero-order valence-electron chi connectivity index (χ0n) is 18.3. The van der Waals surface area contributed by atoms with E-state index in [1.54, 1.807) is 13.3 Å². The lowest BCUT2D eigenvalue weighted by molar-refractivity contribution is 0.285. The number of rotatable bonds is 7. The van der Waals surface area contributed by atoms with Crippen LogP contribution >= 0.6 is 18.7 Å². The van der Waals surface area contributed by atoms with Gasteiger partial charge in [-0.05, 0) is 38.0 Å². The molecule has 2 aliphatic rings. The standard InChI is InChI=1S/C22H28ClN6O2P/c1-3-24-20-19-16(23)13-25-21(19)28-22(27-20)26-17-7-6-15(12-18(17)31-2)32(30)10-8-29(9-11-32)14-4-5-14/h6-7,12-14H,3-5,8-11H2,1-2H3,(H3,24,25,26,27,28). The van der Waals surface area contributed by atoms with E-state index in [4.69, 9.17) is 16.3 Å². The van der Waals surface area contributed by atoms with Gasteiger partial charge in [0.05, 0.1) is 23.2 Å². The Balaban J connectivity index is 1.40. The summed E-state index contributed by atoms with van der Waals surface area (Å²) in [6.07, 6.45) is 5.75. The Morgan fingerprint density at radius 3 is 2.75 bits per heavy atom. The highest BCUT2D eigenvalue weighted by Crippen LogP contribution is 2.49. The summed E-state index contributed by atoms with van der Waals surface area (Å²) < 4.78 is 19.3. The van der Waals surface area contributed by atoms with E-state index in [-0.39, 0.29) is 0 Å². The molecule has 3 N–H and O–H groups in total. The minimum Gasteiger partial charge on any atom is -0.495 e. The molecule has 0 spiro atoms. The molecule has 10 heteroatoms. The van der Waals surface area contributed by atoms with Crippen molar-refractivity contribution in [1.29, 1.82) is 0 Å². The molecule has 0 bridgehead atoms. The van der Waals surface area contributed by atoms with Gasteiger partial charge in [0.15, 0.2) is 0 Å². The number of anilines is 3. The molecule has 1 aliphatic carbocycles. The van der Waals surface area contributed by atoms with Crippen LogP contribution in [0.3, 0.4) is 0 Å². The van der Waals surface area contributed by atoms with Crippen molar-refractivity contribution in [3.8, 4) is 5.75 Å². The summed E-state index contributed by atoms with van der Waals surface area (Å²) >= 11 is 6.29. The van der Waals surface area contributed by atoms with Crippen molar-refractivity contribution in [2.75, 3.05) is 49.7 Å². The lowest BCUT2D eigenvalue weighted by Crippen LogP contribution is -2.38. The van der Waals surface area contributed by atoms with Crippen LogP contribution in [-0.2, 0) is 4.57 Å². The average Bonchev–Trinajstić information content (AvgIpc) is 3.57. The topological polar surface area (TPSA) is 95.2 Å². The Labute approximate surface area is 192 Å². The highest BCUT2D eigenvalue weighted by molar-refractivity contribution is 7.71. The van der Waals surface area contributed by atoms with E-state index in [2.05, 4.69) is 30.5 Å². The molecule has 1 saturated carbocycles. The number of methoxy groups -OCH3 is 1. The van der Waals surface area contributed by atoms with Crippen molar-refractivity contribution >= 4 is 52.5 Å². The fourth-order valence-corrected chi connectivity index (χ4v) is 7.20. The van der Waals surface area contributed by atoms with Gasteiger partial charge in [0, 0.05) is 49.5 Å². The second kappa shape index (κ2) is 8.58. The first-order chi connectivity index (χ1) is 15.5. The van der Waals surface area contributed by atoms with E-state index in [1.807, 2.05) is 25.1 Å². The number of halogens is 1. The Kier molecular flexibility index (Phi) is 5.78. The van der Waals surface area contributed by atoms with Gasteiger partial charge in [-0.1, -0.05) is 11.6 Å². The van der Waals surface area contributed by atoms with Gasteiger partial charge < -0.3 is 24.9 Å². The molecule has 2 fully saturated rings. The number of nitrogens with one attached hydrogen (secondary N) is 3. The van der Waals surface area contributed by atoms with Crippen LogP contribution in [0.2, 0.25) is 5.02 Å². The first-order valence-electron chi connectivity index (χ1n) is 11.1. The van der Waals surface area contributed by atoms with Crippen LogP contribution in [0.15, 0.2) is 24.4 Å². The molecule has 1 aliphatic heterocycles. The number of aromatic nitrogens is 3. The second-order valence-corrected chi connectivity index (χ2v) is 12.0. The summed E-state index contributed by atoms with van der Waals surface area (Å²) in [6, 6.07) is 6.49. The molecule has 32 heavy (non-hydrogen) atoms. The molecular formula is C22H28ClN6O2P. The number of hydrogen-bond acceptors (Lipinski definition) is 7. The van der Waals surface area contributed by atoms with Crippen LogP contribution in [0.1, 0.15) is 19.8 Å². The quantitative estimate of drug-likeness (QED) is 0.440. The van der Waals surface area contributed by atoms with Crippen LogP contribution in [0.25, 0.3) is 11.0 Å². The number of fused-ring (bicyclic) bond motifs is 1. The van der Waals surface area contributed by atoms with Crippen LogP contribution < -0.4 is 20.7 Å². The van der Waals surface area contributed by atoms with Gasteiger partial charge >= 0.3 is 0 Å². The van der Waals surface area contributed by atoms with Crippen LogP contribution in [0, 0.1) is 0 Å². The summed E-state index contributed by atoms with van der Waals surface area (Å²) in [4.78, 5) is 14.7. The summed E-state index contributed by atoms with van der Waals surface area (Å²) in [5, 5.41) is 8.70. The SMILES string of the molecule is CCNc1nc(Nc2ccc(P3(=O)CCN(C4CC4)CC3)cc2OC)nc2[nH]cc(Cl)c12. The maximum Gasteiger partial charge on any atom is 0.231 e. The molecule has 1 aromatic carbocycles. The molecule has 5 rings (SSSR count). The third kappa shape index (κ3) is 4.07. The zero-order valence-corrected chi connectivity index (χ0v) is 20.0. The van der Waals surface area contributed by atoms with Crippen molar-refractivity contribution in [2.24, 2.45) is 0 Å². The van der Waals surface area contributed by atoms with Crippen molar-refractivity contribution in [3.05, 3.63) is 29.4 Å². The molecule has 8 nitrogen and oxygen atoms in total. The first-order valence-corrected chi connectivity index (χ1v) is 13.5. The van der Waals surface area contributed by atoms with Crippen LogP contribution in [-0.4, -0.2) is 65.0 Å². The highest BCUT2D eigenvalue weighted by atomic mass is 35.5. The summed E-state index contributed by atoms with van der Waals surface area (Å²) in [5.74, 6) is 1.71. The number of benzene rings is 1. The maximum absolute atomic E-state index is 13.7. The van der Waals surface area contributed by atoms with Gasteiger partial charge in [-0.25, -0.2) is 0 Å². The number of hydrogen-bond donors (Lipinski definition) is 3. The van der Waals surface area contributed by atoms with E-state index in [0.29, 0.717) is 34.7 Å². The fourth-order valence-electron chi connectivity index (χ4n) is 4.37. The number of ether oxygens (including phenoxy) is 1. The molecule has 0 unspecified atom stereocenters. The fraction of sp³-hybridized carbons (Fsp3) is 0.455. The third-order valence-corrected chi connectivity index (χ3v) is 9.65. The molecule has 3 aromatic rings. The summed E-state index contributed by atoms with van der Waals surface area (Å²) in [7, 11) is -0.795. The summed E-state index contributed by atoms with van der Waals surface area (Å²) in [5.41, 5.74) is 1.37. The minimum atomic E-state index is -2.41. The van der Waals surface area contributed by atoms with Crippen molar-refractivity contribution in [1.82, 2.24) is 19.9 Å². The molecule has 0 radical (unpaired) electrons. The lowest BCUT2D eigenvalue weighted by Gasteiger charge is -2.32. The minimum absolute atomic E-state index is 0.419. The van der Waals surface area contributed by atoms with Crippen molar-refractivity contribution in [3.63, 3.8) is 0 Å². The maximum atomic E-state index is 13.7. The Bertz CT molecular complexity index is 1180. The van der Waals surface area contributed by atoms with E-state index >= 15 is 0 Å². The largest absolute Gasteiger partial charge is 0.495 e. The van der Waals surface area contributed by atoms with Gasteiger partial charge in [-0.3, -0.25) is 4.90 Å². The molecule has 170 valence electrons. The average molecular weight is 475 g/mol. The van der Waals surface area contributed by atoms with Crippen LogP contribution in [0.5, 0.6) is 5.75 Å². The Morgan fingerprint density at radius 1 is 1.28 bits per heavy atom. The molecule has 2 aromatic heterocycles. The third-order valence-electron chi connectivity index (χ3n) is 6.29. The van der Waals surface area contributed by atoms with Crippen LogP contribution in [0.4, 0.5) is 17.5 Å². The monoisotopic (exact) mass is 474 g/mol. The van der Waals surface area contributed by atoms with E-state index in [9.17, 15) is 4.57 Å². The van der Waals surface area contributed by atoms with Crippen molar-refractivity contribution in [2.45, 2.75) is 25.8 Å². The normalized spacial score (nSPS) is 18.6. The number of nitrogens with zero attached hydrogens (tertiary/aromatic N) is 3. The molecular weight excluding hydrogens is 447 g/mol. The van der Waals surface area contributed by atoms with Gasteiger partial charge in [0.2, 0.25) is 5.95 Å². The second-order valence-electron chi connectivity index (χ2n) is 8.40. The Hall–Kier alpha value is -2.28. The molecule has 0 amide bonds. The Morgan fingerprint density at radius 2 is 2.06 bits per heavy atom. The van der Waals surface area contributed by atoms with E-state index in [0.717, 1.165) is 47.8 Å². The predicted octanol–water partition coefficient (Wildman–Crippen LogP) is 4.26. The van der Waals surface area contributed by atoms with Crippen molar-refractivity contribution < 1.29 is 9.30 Å². The smallest absolute Gasteiger partial charge is 0.231 e. The predicted molar refractivity (Wildman–Crippen MR) is 131 cm³/mol. The molecule has 0 atom stereocenters. The number of H-pyrrole nitrogens is 1. The lowest BCUT2D eigenvalue weighted by atomic mass is 10.3. The highest BCUT2D eigenvalue weighted by Gasteiger charge is 2.37. The first kappa shape index (κ1) is 21.6. The zero-order chi connectivity index (χ0) is 22.3. The summed E-state index contributed by atoms with van der Waals surface area (Å²) in [6.45, 7) is 4.55. The number of aromatic amines is 1. The molecule has 3 heterocycles. The van der Waals surface area contributed by atoms with Gasteiger partial charge in [-0.2, -0.15) is 9.97 Å². The van der Waals surface area contributed by atoms with Gasteiger partial charge in [0.25, 0.3) is 0 Å².